The van der Waals surface area contributed by atoms with Crippen LogP contribution in [0, 0.1) is 6.92 Å². The third-order valence-electron chi connectivity index (χ3n) is 4.73. The van der Waals surface area contributed by atoms with Gasteiger partial charge in [-0.05, 0) is 29.4 Å². The Balaban J connectivity index is 0.000000204. The van der Waals surface area contributed by atoms with Gasteiger partial charge in [0, 0.05) is 5.31 Å². The summed E-state index contributed by atoms with van der Waals surface area (Å²) in [5.41, 5.74) is 5.53. The van der Waals surface area contributed by atoms with Crippen LogP contribution in [0.4, 0.5) is 0 Å². The van der Waals surface area contributed by atoms with Crippen LogP contribution in [0.1, 0.15) is 39.6 Å². The first-order chi connectivity index (χ1) is 12.7. The van der Waals surface area contributed by atoms with Crippen LogP contribution in [0.3, 0.4) is 0 Å². The molecule has 2 aliphatic carbocycles. The van der Waals surface area contributed by atoms with Gasteiger partial charge in [-0.1, -0.05) is 27.3 Å². The predicted molar refractivity (Wildman–Crippen MR) is 108 cm³/mol. The first kappa shape index (κ1) is 23.4. The largest absolute Gasteiger partial charge is 1.00 e. The van der Waals surface area contributed by atoms with Gasteiger partial charge < -0.3 is 24.8 Å². The molecular formula is C23H20Cl2OPZr. The number of rotatable bonds is 2. The van der Waals surface area contributed by atoms with Crippen molar-refractivity contribution in [2.24, 2.45) is 0 Å². The minimum Gasteiger partial charge on any atom is -1.00 e. The van der Waals surface area contributed by atoms with Crippen LogP contribution in [0.5, 0.6) is 0 Å². The summed E-state index contributed by atoms with van der Waals surface area (Å²) in [5.74, 6) is 2.00. The molecule has 3 aliphatic rings. The van der Waals surface area contributed by atoms with Crippen LogP contribution < -0.4 is 24.8 Å². The van der Waals surface area contributed by atoms with Gasteiger partial charge in [-0.25, -0.2) is 0 Å². The average Bonchev–Trinajstić information content (AvgIpc) is 3.39. The molecule has 2 aromatic rings. The Morgan fingerprint density at radius 3 is 2.50 bits per heavy atom. The van der Waals surface area contributed by atoms with Crippen molar-refractivity contribution in [2.75, 3.05) is 0 Å². The van der Waals surface area contributed by atoms with E-state index in [0.29, 0.717) is 3.63 Å². The Morgan fingerprint density at radius 1 is 1.07 bits per heavy atom. The van der Waals surface area contributed by atoms with Crippen LogP contribution in [0.2, 0.25) is 0 Å². The van der Waals surface area contributed by atoms with Crippen LogP contribution in [0.25, 0.3) is 11.6 Å². The molecule has 0 saturated carbocycles. The summed E-state index contributed by atoms with van der Waals surface area (Å²) >= 11 is 1.52. The van der Waals surface area contributed by atoms with Crippen LogP contribution in [-0.4, -0.2) is 5.29 Å². The van der Waals surface area contributed by atoms with Gasteiger partial charge in [0.1, 0.15) is 0 Å². The predicted octanol–water partition coefficient (Wildman–Crippen LogP) is 0.647. The van der Waals surface area contributed by atoms with Gasteiger partial charge >= 0.3 is 110 Å². The monoisotopic (exact) mass is 503 g/mol. The smallest absolute Gasteiger partial charge is 1.00 e. The summed E-state index contributed by atoms with van der Waals surface area (Å²) in [6.45, 7) is 4.20. The molecule has 141 valence electrons. The van der Waals surface area contributed by atoms with Crippen molar-refractivity contribution in [1.29, 1.82) is 0 Å². The second-order valence-electron chi connectivity index (χ2n) is 6.54. The van der Waals surface area contributed by atoms with Gasteiger partial charge in [-0.15, -0.1) is 0 Å². The number of fused-ring (bicyclic) bond motifs is 2. The zero-order valence-electron chi connectivity index (χ0n) is 15.7. The Bertz CT molecular complexity index is 1010. The molecule has 28 heavy (non-hydrogen) atoms. The molecule has 1 aromatic heterocycles. The fraction of sp³-hybridized carbons (Fsp3) is 0.174. The third-order valence-corrected chi connectivity index (χ3v) is 7.64. The molecule has 1 atom stereocenters. The molecule has 5 rings (SSSR count). The first-order valence-corrected chi connectivity index (χ1v) is 11.2. The van der Waals surface area contributed by atoms with Crippen molar-refractivity contribution in [3.05, 3.63) is 94.2 Å². The van der Waals surface area contributed by atoms with E-state index in [0.717, 1.165) is 11.5 Å². The Kier molecular flexibility index (Phi) is 8.53. The maximum Gasteiger partial charge on any atom is -1.00 e. The van der Waals surface area contributed by atoms with Crippen LogP contribution >= 0.6 is 8.20 Å². The summed E-state index contributed by atoms with van der Waals surface area (Å²) in [4.78, 5) is 0. The van der Waals surface area contributed by atoms with Crippen molar-refractivity contribution >= 4 is 25.1 Å². The first-order valence-electron chi connectivity index (χ1n) is 8.92. The Labute approximate surface area is 196 Å². The third kappa shape index (κ3) is 4.80. The van der Waals surface area contributed by atoms with Crippen molar-refractivity contribution in [2.45, 2.75) is 23.9 Å². The Hall–Kier alpha value is -0.907. The standard InChI is InChI=1S/C14H11O.C9H9P.2ClH.Zr/c1-10-6-7-14(15-10)13-8-11-4-2-3-5-12(11)9-13;1-2-8-6-7-4-3-5-9(7)10-8;;;/h2-9H,1H3;3-6H,2H2,1H3;2*1H;/q;;;;+2/p-2. The van der Waals surface area contributed by atoms with E-state index >= 15 is 0 Å². The van der Waals surface area contributed by atoms with Crippen LogP contribution in [0.15, 0.2) is 76.0 Å². The van der Waals surface area contributed by atoms with E-state index in [-0.39, 0.29) is 24.8 Å². The maximum atomic E-state index is 5.72. The van der Waals surface area contributed by atoms with Crippen molar-refractivity contribution < 1.29 is 54.0 Å². The molecule has 0 bridgehead atoms. The van der Waals surface area contributed by atoms with Crippen molar-refractivity contribution in [3.8, 4) is 0 Å². The van der Waals surface area contributed by atoms with Gasteiger partial charge in [-0.3, -0.25) is 0 Å². The normalized spacial score (nSPS) is 18.4. The number of halogens is 2. The number of hydrogen-bond donors (Lipinski definition) is 0. The van der Waals surface area contributed by atoms with E-state index in [1.165, 1.54) is 66.9 Å². The van der Waals surface area contributed by atoms with E-state index in [1.54, 1.807) is 5.29 Å². The Morgan fingerprint density at radius 2 is 1.86 bits per heavy atom. The molecule has 0 N–H and O–H groups in total. The van der Waals surface area contributed by atoms with E-state index in [9.17, 15) is 0 Å². The summed E-state index contributed by atoms with van der Waals surface area (Å²) in [5, 5.41) is 3.03. The topological polar surface area (TPSA) is 13.1 Å². The quantitative estimate of drug-likeness (QED) is 0.547. The molecule has 0 radical (unpaired) electrons. The fourth-order valence-electron chi connectivity index (χ4n) is 3.32. The van der Waals surface area contributed by atoms with Crippen LogP contribution in [-0.2, 0) is 24.7 Å². The minimum absolute atomic E-state index is 0. The van der Waals surface area contributed by atoms with E-state index in [2.05, 4.69) is 67.6 Å². The average molecular weight is 506 g/mol. The van der Waals surface area contributed by atoms with Gasteiger partial charge in [0.25, 0.3) is 0 Å². The molecule has 1 aliphatic heterocycles. The second-order valence-corrected chi connectivity index (χ2v) is 9.24. The SMILES string of the molecule is CCC1=PC2=CC=CC2=C1.Cc1ccc(C2=Cc3ccccc3[CH]2[Zr+2])o1.[Cl-].[Cl-]. The van der Waals surface area contributed by atoms with Crippen molar-refractivity contribution in [3.63, 3.8) is 0 Å². The second kappa shape index (κ2) is 10.2. The molecule has 0 spiro atoms. The molecule has 1 nitrogen and oxygen atoms in total. The molecular weight excluding hydrogens is 485 g/mol. The molecule has 1 unspecified atom stereocenters. The number of hydrogen-bond acceptors (Lipinski definition) is 1. The molecule has 0 fully saturated rings. The number of furan rings is 1. The molecule has 0 amide bonds. The van der Waals surface area contributed by atoms with E-state index < -0.39 is 0 Å². The summed E-state index contributed by atoms with van der Waals surface area (Å²) in [7, 11) is 1.43. The summed E-state index contributed by atoms with van der Waals surface area (Å²) < 4.78 is 6.24. The fourth-order valence-corrected chi connectivity index (χ4v) is 5.62. The zero-order chi connectivity index (χ0) is 18.1. The maximum absolute atomic E-state index is 5.72. The van der Waals surface area contributed by atoms with E-state index in [4.69, 9.17) is 4.42 Å². The molecule has 5 heteroatoms. The summed E-state index contributed by atoms with van der Waals surface area (Å²) in [6, 6.07) is 12.7. The van der Waals surface area contributed by atoms with E-state index in [1.807, 2.05) is 13.0 Å². The molecule has 2 heterocycles. The zero-order valence-corrected chi connectivity index (χ0v) is 20.6. The van der Waals surface area contributed by atoms with Gasteiger partial charge in [0.2, 0.25) is 0 Å². The van der Waals surface area contributed by atoms with Gasteiger partial charge in [0.05, 0.1) is 0 Å². The van der Waals surface area contributed by atoms with Crippen molar-refractivity contribution in [1.82, 2.24) is 0 Å². The van der Waals surface area contributed by atoms with Gasteiger partial charge in [-0.2, -0.15) is 0 Å². The molecule has 1 aromatic carbocycles. The number of aryl methyl sites for hydroxylation is 1. The number of benzene rings is 1. The van der Waals surface area contributed by atoms with Gasteiger partial charge in [0.15, 0.2) is 0 Å². The summed E-state index contributed by atoms with van der Waals surface area (Å²) in [6.07, 6.45) is 12.3. The molecule has 0 saturated heterocycles. The number of allylic oxidation sites excluding steroid dienone is 7. The minimum atomic E-state index is 0.